The molecule has 6 heteroatoms. The predicted molar refractivity (Wildman–Crippen MR) is 81.2 cm³/mol. The van der Waals surface area contributed by atoms with Crippen LogP contribution in [0.1, 0.15) is 18.5 Å². The molecule has 0 aliphatic rings. The Labute approximate surface area is 129 Å². The molecule has 2 aromatic carbocycles. The van der Waals surface area contributed by atoms with E-state index in [1.54, 1.807) is 6.92 Å². The number of hydrogen-bond donors (Lipinski definition) is 0. The van der Waals surface area contributed by atoms with E-state index < -0.39 is 15.8 Å². The molecule has 0 radical (unpaired) electrons. The maximum Gasteiger partial charge on any atom is 0.243 e. The van der Waals surface area contributed by atoms with Gasteiger partial charge in [-0.25, -0.2) is 12.8 Å². The third-order valence-corrected chi connectivity index (χ3v) is 5.61. The van der Waals surface area contributed by atoms with Crippen molar-refractivity contribution in [3.8, 4) is 0 Å². The van der Waals surface area contributed by atoms with Crippen molar-refractivity contribution in [2.75, 3.05) is 7.05 Å². The lowest BCUT2D eigenvalue weighted by molar-refractivity contribution is 0.398. The number of benzene rings is 2. The fourth-order valence-electron chi connectivity index (χ4n) is 1.95. The lowest BCUT2D eigenvalue weighted by Crippen LogP contribution is -2.29. The zero-order valence-corrected chi connectivity index (χ0v) is 13.2. The lowest BCUT2D eigenvalue weighted by Gasteiger charge is -2.24. The van der Waals surface area contributed by atoms with Gasteiger partial charge in [-0.05, 0) is 30.7 Å². The van der Waals surface area contributed by atoms with Gasteiger partial charge in [0, 0.05) is 13.1 Å². The van der Waals surface area contributed by atoms with Crippen molar-refractivity contribution >= 4 is 21.6 Å². The van der Waals surface area contributed by atoms with Crippen molar-refractivity contribution in [1.82, 2.24) is 4.31 Å². The third-order valence-electron chi connectivity index (χ3n) is 3.40. The molecular weight excluding hydrogens is 313 g/mol. The van der Waals surface area contributed by atoms with E-state index in [9.17, 15) is 12.8 Å². The molecular formula is C15H15ClFNO2S. The second kappa shape index (κ2) is 6.13. The van der Waals surface area contributed by atoms with Gasteiger partial charge in [-0.15, -0.1) is 0 Å². The highest BCUT2D eigenvalue weighted by atomic mass is 35.5. The molecule has 0 heterocycles. The van der Waals surface area contributed by atoms with E-state index in [2.05, 4.69) is 0 Å². The van der Waals surface area contributed by atoms with Crippen LogP contribution in [0.4, 0.5) is 4.39 Å². The second-order valence-electron chi connectivity index (χ2n) is 4.68. The van der Waals surface area contributed by atoms with Gasteiger partial charge in [0.25, 0.3) is 0 Å². The van der Waals surface area contributed by atoms with Gasteiger partial charge in [-0.1, -0.05) is 41.9 Å². The minimum atomic E-state index is -3.74. The van der Waals surface area contributed by atoms with Gasteiger partial charge in [0.05, 0.1) is 9.92 Å². The maximum absolute atomic E-state index is 13.2. The minimum absolute atomic E-state index is 0.0285. The summed E-state index contributed by atoms with van der Waals surface area (Å²) in [7, 11) is -2.25. The largest absolute Gasteiger partial charge is 0.243 e. The summed E-state index contributed by atoms with van der Waals surface area (Å²) < 4.78 is 39.5. The van der Waals surface area contributed by atoms with Crippen molar-refractivity contribution < 1.29 is 12.8 Å². The van der Waals surface area contributed by atoms with Crippen LogP contribution >= 0.6 is 11.6 Å². The van der Waals surface area contributed by atoms with Gasteiger partial charge in [0.2, 0.25) is 10.0 Å². The molecule has 1 atom stereocenters. The van der Waals surface area contributed by atoms with Crippen LogP contribution in [0.25, 0.3) is 0 Å². The first-order valence-electron chi connectivity index (χ1n) is 6.32. The summed E-state index contributed by atoms with van der Waals surface area (Å²) in [6.07, 6.45) is 0. The Kier molecular flexibility index (Phi) is 4.66. The van der Waals surface area contributed by atoms with Crippen molar-refractivity contribution in [1.29, 1.82) is 0 Å². The summed E-state index contributed by atoms with van der Waals surface area (Å²) >= 11 is 5.66. The molecule has 0 N–H and O–H groups in total. The van der Waals surface area contributed by atoms with Crippen LogP contribution in [0.3, 0.4) is 0 Å². The molecule has 0 saturated carbocycles. The number of rotatable bonds is 4. The number of hydrogen-bond acceptors (Lipinski definition) is 2. The van der Waals surface area contributed by atoms with Crippen LogP contribution < -0.4 is 0 Å². The normalized spacial score (nSPS) is 13.4. The van der Waals surface area contributed by atoms with Gasteiger partial charge in [-0.3, -0.25) is 0 Å². The van der Waals surface area contributed by atoms with E-state index in [4.69, 9.17) is 11.6 Å². The van der Waals surface area contributed by atoms with Gasteiger partial charge < -0.3 is 0 Å². The SMILES string of the molecule is CC(c1ccccc1)N(C)S(=O)(=O)c1ccc(F)c(Cl)c1. The van der Waals surface area contributed by atoms with E-state index in [1.165, 1.54) is 17.4 Å². The topological polar surface area (TPSA) is 37.4 Å². The summed E-state index contributed by atoms with van der Waals surface area (Å²) in [5, 5.41) is -0.211. The molecule has 0 spiro atoms. The Morgan fingerprint density at radius 1 is 1.14 bits per heavy atom. The molecule has 0 amide bonds. The highest BCUT2D eigenvalue weighted by Crippen LogP contribution is 2.27. The minimum Gasteiger partial charge on any atom is -0.207 e. The Hall–Kier alpha value is -1.43. The first kappa shape index (κ1) is 15.9. The summed E-state index contributed by atoms with van der Waals surface area (Å²) in [5.74, 6) is -0.644. The van der Waals surface area contributed by atoms with Gasteiger partial charge >= 0.3 is 0 Å². The fourth-order valence-corrected chi connectivity index (χ4v) is 3.58. The zero-order valence-electron chi connectivity index (χ0n) is 11.6. The molecule has 3 nitrogen and oxygen atoms in total. The molecule has 1 unspecified atom stereocenters. The molecule has 2 rings (SSSR count). The molecule has 0 fully saturated rings. The van der Waals surface area contributed by atoms with Crippen molar-refractivity contribution in [3.05, 3.63) is 64.9 Å². The highest BCUT2D eigenvalue weighted by Gasteiger charge is 2.26. The standard InChI is InChI=1S/C15H15ClFNO2S/c1-11(12-6-4-3-5-7-12)18(2)21(19,20)13-8-9-15(17)14(16)10-13/h3-11H,1-2H3. The second-order valence-corrected chi connectivity index (χ2v) is 7.09. The average Bonchev–Trinajstić information content (AvgIpc) is 2.49. The van der Waals surface area contributed by atoms with E-state index >= 15 is 0 Å². The van der Waals surface area contributed by atoms with Gasteiger partial charge in [0.15, 0.2) is 0 Å². The predicted octanol–water partition coefficient (Wildman–Crippen LogP) is 3.86. The summed E-state index contributed by atoms with van der Waals surface area (Å²) in [6.45, 7) is 1.79. The molecule has 0 saturated heterocycles. The number of sulfonamides is 1. The van der Waals surface area contributed by atoms with Gasteiger partial charge in [-0.2, -0.15) is 4.31 Å². The number of nitrogens with zero attached hydrogens (tertiary/aromatic N) is 1. The third kappa shape index (κ3) is 3.26. The molecule has 0 bridgehead atoms. The summed E-state index contributed by atoms with van der Waals surface area (Å²) in [6, 6.07) is 12.3. The first-order valence-corrected chi connectivity index (χ1v) is 8.14. The van der Waals surface area contributed by atoms with E-state index in [0.717, 1.165) is 17.7 Å². The van der Waals surface area contributed by atoms with E-state index in [1.807, 2.05) is 30.3 Å². The van der Waals surface area contributed by atoms with Crippen LogP contribution in [0.15, 0.2) is 53.4 Å². The summed E-state index contributed by atoms with van der Waals surface area (Å²) in [5.41, 5.74) is 0.872. The lowest BCUT2D eigenvalue weighted by atomic mass is 10.1. The zero-order chi connectivity index (χ0) is 15.6. The molecule has 112 valence electrons. The van der Waals surface area contributed by atoms with Crippen LogP contribution in [-0.2, 0) is 10.0 Å². The van der Waals surface area contributed by atoms with Crippen molar-refractivity contribution in [2.24, 2.45) is 0 Å². The average molecular weight is 328 g/mol. The molecule has 0 aliphatic heterocycles. The van der Waals surface area contributed by atoms with Gasteiger partial charge in [0.1, 0.15) is 5.82 Å². The van der Waals surface area contributed by atoms with E-state index in [-0.39, 0.29) is 16.0 Å². The fraction of sp³-hybridized carbons (Fsp3) is 0.200. The van der Waals surface area contributed by atoms with Crippen LogP contribution in [-0.4, -0.2) is 19.8 Å². The Morgan fingerprint density at radius 3 is 2.33 bits per heavy atom. The Morgan fingerprint density at radius 2 is 1.76 bits per heavy atom. The van der Waals surface area contributed by atoms with E-state index in [0.29, 0.717) is 0 Å². The van der Waals surface area contributed by atoms with Crippen LogP contribution in [0.2, 0.25) is 5.02 Å². The molecule has 21 heavy (non-hydrogen) atoms. The smallest absolute Gasteiger partial charge is 0.207 e. The monoisotopic (exact) mass is 327 g/mol. The molecule has 0 aromatic heterocycles. The highest BCUT2D eigenvalue weighted by molar-refractivity contribution is 7.89. The van der Waals surface area contributed by atoms with Crippen LogP contribution in [0, 0.1) is 5.82 Å². The number of halogens is 2. The molecule has 2 aromatic rings. The first-order chi connectivity index (χ1) is 9.84. The quantitative estimate of drug-likeness (QED) is 0.855. The summed E-state index contributed by atoms with van der Waals surface area (Å²) in [4.78, 5) is -0.0285. The maximum atomic E-state index is 13.2. The molecule has 0 aliphatic carbocycles. The van der Waals surface area contributed by atoms with Crippen molar-refractivity contribution in [3.63, 3.8) is 0 Å². The van der Waals surface area contributed by atoms with Crippen molar-refractivity contribution in [2.45, 2.75) is 17.9 Å². The Bertz CT molecular complexity index is 735. The van der Waals surface area contributed by atoms with Crippen LogP contribution in [0.5, 0.6) is 0 Å². The Balaban J connectivity index is 2.36.